The Morgan fingerprint density at radius 1 is 1.50 bits per heavy atom. The molecule has 0 spiro atoms. The van der Waals surface area contributed by atoms with Crippen molar-refractivity contribution in [2.45, 2.75) is 34.1 Å². The van der Waals surface area contributed by atoms with Crippen molar-refractivity contribution >= 4 is 23.1 Å². The monoisotopic (exact) mass is 297 g/mol. The molecule has 0 saturated heterocycles. The van der Waals surface area contributed by atoms with E-state index >= 15 is 0 Å². The number of amidine groups is 1. The highest BCUT2D eigenvalue weighted by Crippen LogP contribution is 2.22. The zero-order chi connectivity index (χ0) is 15.3. The van der Waals surface area contributed by atoms with Gasteiger partial charge in [-0.1, -0.05) is 19.0 Å². The average Bonchev–Trinajstić information content (AvgIpc) is 2.73. The van der Waals surface area contributed by atoms with Crippen molar-refractivity contribution in [1.82, 2.24) is 4.90 Å². The number of carbonyl (C=O) groups excluding carboxylic acids is 1. The lowest BCUT2D eigenvalue weighted by Gasteiger charge is -2.23. The van der Waals surface area contributed by atoms with Crippen LogP contribution in [0.5, 0.6) is 0 Å². The zero-order valence-electron chi connectivity index (χ0n) is 12.5. The van der Waals surface area contributed by atoms with Gasteiger partial charge in [0.25, 0.3) is 5.91 Å². The molecular weight excluding hydrogens is 274 g/mol. The molecule has 5 nitrogen and oxygen atoms in total. The van der Waals surface area contributed by atoms with Crippen molar-refractivity contribution in [3.8, 4) is 0 Å². The van der Waals surface area contributed by atoms with Gasteiger partial charge in [-0.15, -0.1) is 11.3 Å². The summed E-state index contributed by atoms with van der Waals surface area (Å²) < 4.78 is 0. The van der Waals surface area contributed by atoms with Crippen LogP contribution < -0.4 is 5.73 Å². The van der Waals surface area contributed by atoms with Gasteiger partial charge in [0.15, 0.2) is 0 Å². The molecule has 0 aliphatic rings. The first kappa shape index (κ1) is 16.5. The first-order valence-electron chi connectivity index (χ1n) is 6.67. The standard InChI is InChI=1S/C14H23N3O2S/c1-9(2)8-17(6-5-13(15)16-19)14(18)12-7-10(3)11(4)20-12/h7,9,19H,5-6,8H2,1-4H3,(H2,15,16). The average molecular weight is 297 g/mol. The fourth-order valence-electron chi connectivity index (χ4n) is 1.85. The molecule has 1 aromatic heterocycles. The lowest BCUT2D eigenvalue weighted by Crippen LogP contribution is -2.36. The summed E-state index contributed by atoms with van der Waals surface area (Å²) in [6.07, 6.45) is 0.373. The van der Waals surface area contributed by atoms with Crippen LogP contribution in [0, 0.1) is 19.8 Å². The van der Waals surface area contributed by atoms with Gasteiger partial charge in [-0.05, 0) is 31.4 Å². The highest BCUT2D eigenvalue weighted by Gasteiger charge is 2.19. The van der Waals surface area contributed by atoms with Crippen molar-refractivity contribution < 1.29 is 10.0 Å². The summed E-state index contributed by atoms with van der Waals surface area (Å²) in [6, 6.07) is 1.93. The topological polar surface area (TPSA) is 78.9 Å². The fourth-order valence-corrected chi connectivity index (χ4v) is 2.85. The molecular formula is C14H23N3O2S. The summed E-state index contributed by atoms with van der Waals surface area (Å²) >= 11 is 1.52. The SMILES string of the molecule is Cc1cc(C(=O)N(CCC(N)=NO)CC(C)C)sc1C. The summed E-state index contributed by atoms with van der Waals surface area (Å²) in [7, 11) is 0. The first-order chi connectivity index (χ1) is 9.35. The number of thiophene rings is 1. The van der Waals surface area contributed by atoms with Gasteiger partial charge in [0, 0.05) is 24.4 Å². The number of amides is 1. The smallest absolute Gasteiger partial charge is 0.263 e. The fraction of sp³-hybridized carbons (Fsp3) is 0.571. The van der Waals surface area contributed by atoms with E-state index in [4.69, 9.17) is 10.9 Å². The van der Waals surface area contributed by atoms with E-state index in [-0.39, 0.29) is 11.7 Å². The van der Waals surface area contributed by atoms with Crippen LogP contribution in [0.25, 0.3) is 0 Å². The predicted octanol–water partition coefficient (Wildman–Crippen LogP) is 2.60. The molecule has 0 saturated carbocycles. The van der Waals surface area contributed by atoms with Crippen LogP contribution in [-0.4, -0.2) is 34.9 Å². The Bertz CT molecular complexity index is 475. The van der Waals surface area contributed by atoms with Crippen LogP contribution in [0.3, 0.4) is 0 Å². The van der Waals surface area contributed by atoms with Crippen molar-refractivity contribution in [1.29, 1.82) is 0 Å². The minimum absolute atomic E-state index is 0.0191. The van der Waals surface area contributed by atoms with E-state index in [0.29, 0.717) is 25.4 Å². The van der Waals surface area contributed by atoms with E-state index in [1.54, 1.807) is 4.90 Å². The van der Waals surface area contributed by atoms with Crippen molar-refractivity contribution in [3.63, 3.8) is 0 Å². The Labute approximate surface area is 124 Å². The third kappa shape index (κ3) is 4.52. The van der Waals surface area contributed by atoms with Gasteiger partial charge in [0.2, 0.25) is 0 Å². The van der Waals surface area contributed by atoms with E-state index < -0.39 is 0 Å². The quantitative estimate of drug-likeness (QED) is 0.366. The van der Waals surface area contributed by atoms with Gasteiger partial charge in [-0.25, -0.2) is 0 Å². The summed E-state index contributed by atoms with van der Waals surface area (Å²) in [4.78, 5) is 16.2. The second-order valence-electron chi connectivity index (χ2n) is 5.34. The highest BCUT2D eigenvalue weighted by molar-refractivity contribution is 7.14. The molecule has 3 N–H and O–H groups in total. The van der Waals surface area contributed by atoms with E-state index in [1.165, 1.54) is 11.3 Å². The molecule has 0 atom stereocenters. The summed E-state index contributed by atoms with van der Waals surface area (Å²) in [6.45, 7) is 9.27. The van der Waals surface area contributed by atoms with Crippen molar-refractivity contribution in [3.05, 3.63) is 21.4 Å². The normalized spacial score (nSPS) is 11.9. The number of carbonyl (C=O) groups is 1. The molecule has 1 aromatic rings. The minimum Gasteiger partial charge on any atom is -0.409 e. The van der Waals surface area contributed by atoms with Crippen LogP contribution in [0.1, 0.15) is 40.4 Å². The zero-order valence-corrected chi connectivity index (χ0v) is 13.3. The lowest BCUT2D eigenvalue weighted by molar-refractivity contribution is 0.0745. The lowest BCUT2D eigenvalue weighted by atomic mass is 10.2. The molecule has 0 unspecified atom stereocenters. The van der Waals surface area contributed by atoms with E-state index in [2.05, 4.69) is 19.0 Å². The molecule has 0 aromatic carbocycles. The second kappa shape index (κ2) is 7.28. The molecule has 20 heavy (non-hydrogen) atoms. The number of nitrogens with two attached hydrogens (primary N) is 1. The Balaban J connectivity index is 2.83. The van der Waals surface area contributed by atoms with Gasteiger partial charge in [0.05, 0.1) is 4.88 Å². The Morgan fingerprint density at radius 3 is 2.60 bits per heavy atom. The largest absolute Gasteiger partial charge is 0.409 e. The minimum atomic E-state index is 0.0191. The summed E-state index contributed by atoms with van der Waals surface area (Å²) in [5.74, 6) is 0.532. The molecule has 0 radical (unpaired) electrons. The van der Waals surface area contributed by atoms with Crippen molar-refractivity contribution in [2.75, 3.05) is 13.1 Å². The first-order valence-corrected chi connectivity index (χ1v) is 7.49. The van der Waals surface area contributed by atoms with Crippen LogP contribution in [-0.2, 0) is 0 Å². The van der Waals surface area contributed by atoms with Gasteiger partial charge >= 0.3 is 0 Å². The van der Waals surface area contributed by atoms with Crippen LogP contribution in [0.2, 0.25) is 0 Å². The van der Waals surface area contributed by atoms with Gasteiger partial charge in [-0.3, -0.25) is 4.79 Å². The Hall–Kier alpha value is -1.56. The van der Waals surface area contributed by atoms with Crippen LogP contribution in [0.15, 0.2) is 11.2 Å². The Morgan fingerprint density at radius 2 is 2.15 bits per heavy atom. The third-order valence-electron chi connectivity index (χ3n) is 3.02. The number of rotatable bonds is 6. The molecule has 0 fully saturated rings. The molecule has 1 rings (SSSR count). The van der Waals surface area contributed by atoms with Crippen LogP contribution >= 0.6 is 11.3 Å². The predicted molar refractivity (Wildman–Crippen MR) is 82.6 cm³/mol. The molecule has 1 amide bonds. The maximum atomic E-state index is 12.5. The van der Waals surface area contributed by atoms with Crippen molar-refractivity contribution in [2.24, 2.45) is 16.8 Å². The molecule has 6 heteroatoms. The van der Waals surface area contributed by atoms with Gasteiger partial charge in [0.1, 0.15) is 5.84 Å². The molecule has 0 aliphatic carbocycles. The number of hydrogen-bond donors (Lipinski definition) is 2. The van der Waals surface area contributed by atoms with Gasteiger partial charge < -0.3 is 15.8 Å². The van der Waals surface area contributed by atoms with Crippen LogP contribution in [0.4, 0.5) is 0 Å². The second-order valence-corrected chi connectivity index (χ2v) is 6.59. The number of aryl methyl sites for hydroxylation is 2. The molecule has 112 valence electrons. The third-order valence-corrected chi connectivity index (χ3v) is 4.16. The van der Waals surface area contributed by atoms with E-state index in [9.17, 15) is 4.79 Å². The number of hydrogen-bond acceptors (Lipinski definition) is 4. The van der Waals surface area contributed by atoms with Gasteiger partial charge in [-0.2, -0.15) is 0 Å². The molecule has 0 bridgehead atoms. The highest BCUT2D eigenvalue weighted by atomic mass is 32.1. The number of oxime groups is 1. The van der Waals surface area contributed by atoms with E-state index in [1.807, 2.05) is 19.9 Å². The molecule has 1 heterocycles. The van der Waals surface area contributed by atoms with E-state index in [0.717, 1.165) is 15.3 Å². The maximum Gasteiger partial charge on any atom is 0.263 e. The number of nitrogens with zero attached hydrogens (tertiary/aromatic N) is 2. The summed E-state index contributed by atoms with van der Waals surface area (Å²) in [5.41, 5.74) is 6.62. The summed E-state index contributed by atoms with van der Waals surface area (Å²) in [5, 5.41) is 11.5. The molecule has 0 aliphatic heterocycles. The maximum absolute atomic E-state index is 12.5. The Kier molecular flexibility index (Phi) is 6.01.